The van der Waals surface area contributed by atoms with Gasteiger partial charge in [-0.05, 0) is 24.3 Å². The van der Waals surface area contributed by atoms with Crippen molar-refractivity contribution >= 4 is 17.7 Å². The number of aliphatic hydroxyl groups is 1. The Balaban J connectivity index is 2.62. The molecule has 7 nitrogen and oxygen atoms in total. The van der Waals surface area contributed by atoms with Crippen LogP contribution in [0, 0.1) is 0 Å². The van der Waals surface area contributed by atoms with Crippen LogP contribution in [0.5, 0.6) is 0 Å². The van der Waals surface area contributed by atoms with Gasteiger partial charge in [0.05, 0.1) is 6.54 Å². The van der Waals surface area contributed by atoms with Gasteiger partial charge in [0.2, 0.25) is 11.8 Å². The minimum Gasteiger partial charge on any atom is -0.381 e. The molecule has 1 unspecified atom stereocenters. The van der Waals surface area contributed by atoms with Crippen molar-refractivity contribution in [1.29, 1.82) is 0 Å². The summed E-state index contributed by atoms with van der Waals surface area (Å²) in [5.41, 5.74) is 10.4. The predicted molar refractivity (Wildman–Crippen MR) is 62.5 cm³/mol. The Kier molecular flexibility index (Phi) is 4.39. The van der Waals surface area contributed by atoms with Crippen molar-refractivity contribution in [2.24, 2.45) is 11.5 Å². The number of benzene rings is 1. The van der Waals surface area contributed by atoms with Crippen molar-refractivity contribution in [3.05, 3.63) is 35.4 Å². The van der Waals surface area contributed by atoms with Gasteiger partial charge in [-0.25, -0.2) is 0 Å². The molecule has 6 N–H and O–H groups in total. The van der Waals surface area contributed by atoms with Crippen molar-refractivity contribution < 1.29 is 19.5 Å². The van der Waals surface area contributed by atoms with E-state index in [1.165, 1.54) is 24.3 Å². The summed E-state index contributed by atoms with van der Waals surface area (Å²) in [5, 5.41) is 11.4. The molecule has 0 saturated carbocycles. The van der Waals surface area contributed by atoms with E-state index in [1.54, 1.807) is 0 Å². The molecule has 1 aromatic rings. The fraction of sp³-hybridized carbons (Fsp3) is 0.182. The number of hydrogen-bond donors (Lipinski definition) is 4. The van der Waals surface area contributed by atoms with Crippen LogP contribution in [-0.4, -0.2) is 35.5 Å². The fourth-order valence-corrected chi connectivity index (χ4v) is 1.18. The first-order chi connectivity index (χ1) is 8.41. The number of rotatable bonds is 5. The van der Waals surface area contributed by atoms with Gasteiger partial charge in [0.25, 0.3) is 5.91 Å². The molecule has 0 radical (unpaired) electrons. The van der Waals surface area contributed by atoms with Crippen molar-refractivity contribution in [1.82, 2.24) is 5.32 Å². The summed E-state index contributed by atoms with van der Waals surface area (Å²) in [7, 11) is 0. The molecule has 3 amide bonds. The van der Waals surface area contributed by atoms with Crippen molar-refractivity contribution in [2.45, 2.75) is 6.10 Å². The second-order valence-electron chi connectivity index (χ2n) is 3.57. The molecule has 0 fully saturated rings. The minimum absolute atomic E-state index is 0.272. The second-order valence-corrected chi connectivity index (χ2v) is 3.57. The Morgan fingerprint density at radius 1 is 1.11 bits per heavy atom. The summed E-state index contributed by atoms with van der Waals surface area (Å²) in [6.07, 6.45) is -1.43. The highest BCUT2D eigenvalue weighted by atomic mass is 16.3. The molecule has 7 heteroatoms. The molecular weight excluding hydrogens is 238 g/mol. The lowest BCUT2D eigenvalue weighted by Gasteiger charge is -2.08. The zero-order chi connectivity index (χ0) is 13.7. The highest BCUT2D eigenvalue weighted by Crippen LogP contribution is 2.03. The molecule has 0 bridgehead atoms. The van der Waals surface area contributed by atoms with Crippen LogP contribution in [0.4, 0.5) is 0 Å². The lowest BCUT2D eigenvalue weighted by molar-refractivity contribution is -0.125. The van der Waals surface area contributed by atoms with E-state index < -0.39 is 23.8 Å². The highest BCUT2D eigenvalue weighted by Gasteiger charge is 2.13. The van der Waals surface area contributed by atoms with Gasteiger partial charge in [-0.15, -0.1) is 0 Å². The van der Waals surface area contributed by atoms with E-state index >= 15 is 0 Å². The highest BCUT2D eigenvalue weighted by molar-refractivity contribution is 5.97. The fourth-order valence-electron chi connectivity index (χ4n) is 1.18. The molecule has 0 aromatic heterocycles. The standard InChI is InChI=1S/C11H13N3O4/c12-9(16)6-1-3-7(4-2-6)11(18)14-5-8(15)10(13)17/h1-4,8,15H,5H2,(H2,12,16)(H2,13,17)(H,14,18). The van der Waals surface area contributed by atoms with Crippen LogP contribution in [0.3, 0.4) is 0 Å². The van der Waals surface area contributed by atoms with Gasteiger partial charge in [0.1, 0.15) is 6.10 Å². The predicted octanol–water partition coefficient (Wildman–Crippen LogP) is -1.64. The Hall–Kier alpha value is -2.41. The number of amides is 3. The van der Waals surface area contributed by atoms with E-state index in [0.717, 1.165) is 0 Å². The van der Waals surface area contributed by atoms with Gasteiger partial charge in [0, 0.05) is 11.1 Å². The van der Waals surface area contributed by atoms with Crippen molar-refractivity contribution in [3.8, 4) is 0 Å². The minimum atomic E-state index is -1.43. The summed E-state index contributed by atoms with van der Waals surface area (Å²) in [4.78, 5) is 32.9. The van der Waals surface area contributed by atoms with Crippen LogP contribution in [-0.2, 0) is 4.79 Å². The quantitative estimate of drug-likeness (QED) is 0.499. The van der Waals surface area contributed by atoms with E-state index in [4.69, 9.17) is 16.6 Å². The normalized spacial score (nSPS) is 11.6. The lowest BCUT2D eigenvalue weighted by Crippen LogP contribution is -2.39. The number of nitrogens with two attached hydrogens (primary N) is 2. The van der Waals surface area contributed by atoms with Gasteiger partial charge in [-0.3, -0.25) is 14.4 Å². The van der Waals surface area contributed by atoms with Gasteiger partial charge in [-0.1, -0.05) is 0 Å². The van der Waals surface area contributed by atoms with Gasteiger partial charge in [-0.2, -0.15) is 0 Å². The van der Waals surface area contributed by atoms with E-state index in [-0.39, 0.29) is 17.7 Å². The van der Waals surface area contributed by atoms with Crippen molar-refractivity contribution in [3.63, 3.8) is 0 Å². The third-order valence-corrected chi connectivity index (χ3v) is 2.22. The molecule has 1 aromatic carbocycles. The average molecular weight is 251 g/mol. The van der Waals surface area contributed by atoms with E-state index in [9.17, 15) is 14.4 Å². The van der Waals surface area contributed by atoms with Crippen LogP contribution in [0.1, 0.15) is 20.7 Å². The SMILES string of the molecule is NC(=O)c1ccc(C(=O)NCC(O)C(N)=O)cc1. The van der Waals surface area contributed by atoms with E-state index in [2.05, 4.69) is 5.32 Å². The topological polar surface area (TPSA) is 136 Å². The Morgan fingerprint density at radius 3 is 2.06 bits per heavy atom. The summed E-state index contributed by atoms with van der Waals surface area (Å²) in [5.74, 6) is -2.00. The number of carbonyl (C=O) groups excluding carboxylic acids is 3. The molecule has 0 spiro atoms. The van der Waals surface area contributed by atoms with Gasteiger partial charge in [0.15, 0.2) is 0 Å². The molecule has 1 atom stereocenters. The summed E-state index contributed by atoms with van der Waals surface area (Å²) in [6.45, 7) is -0.272. The molecule has 0 heterocycles. The molecular formula is C11H13N3O4. The number of nitrogens with one attached hydrogen (secondary N) is 1. The summed E-state index contributed by atoms with van der Waals surface area (Å²) >= 11 is 0. The molecule has 0 aliphatic rings. The van der Waals surface area contributed by atoms with Crippen LogP contribution in [0.2, 0.25) is 0 Å². The number of primary amides is 2. The Morgan fingerprint density at radius 2 is 1.61 bits per heavy atom. The first-order valence-electron chi connectivity index (χ1n) is 5.07. The van der Waals surface area contributed by atoms with Crippen molar-refractivity contribution in [2.75, 3.05) is 6.54 Å². The molecule has 1 rings (SSSR count). The molecule has 0 saturated heterocycles. The van der Waals surface area contributed by atoms with Crippen LogP contribution >= 0.6 is 0 Å². The van der Waals surface area contributed by atoms with Crippen LogP contribution in [0.15, 0.2) is 24.3 Å². The molecule has 18 heavy (non-hydrogen) atoms. The molecule has 0 aliphatic carbocycles. The van der Waals surface area contributed by atoms with E-state index in [1.807, 2.05) is 0 Å². The largest absolute Gasteiger partial charge is 0.381 e. The number of carbonyl (C=O) groups is 3. The smallest absolute Gasteiger partial charge is 0.251 e. The number of hydrogen-bond acceptors (Lipinski definition) is 4. The van der Waals surface area contributed by atoms with E-state index in [0.29, 0.717) is 0 Å². The zero-order valence-corrected chi connectivity index (χ0v) is 9.42. The third kappa shape index (κ3) is 3.56. The first kappa shape index (κ1) is 13.7. The van der Waals surface area contributed by atoms with Gasteiger partial charge >= 0.3 is 0 Å². The van der Waals surface area contributed by atoms with Crippen LogP contribution < -0.4 is 16.8 Å². The Bertz CT molecular complexity index is 470. The third-order valence-electron chi connectivity index (χ3n) is 2.22. The van der Waals surface area contributed by atoms with Crippen LogP contribution in [0.25, 0.3) is 0 Å². The first-order valence-corrected chi connectivity index (χ1v) is 5.07. The molecule has 0 aliphatic heterocycles. The maximum Gasteiger partial charge on any atom is 0.251 e. The lowest BCUT2D eigenvalue weighted by atomic mass is 10.1. The average Bonchev–Trinajstić information content (AvgIpc) is 2.35. The molecule has 96 valence electrons. The summed E-state index contributed by atoms with van der Waals surface area (Å²) in [6, 6.07) is 5.63. The monoisotopic (exact) mass is 251 g/mol. The zero-order valence-electron chi connectivity index (χ0n) is 9.42. The maximum atomic E-state index is 11.6. The van der Waals surface area contributed by atoms with Gasteiger partial charge < -0.3 is 21.9 Å². The number of aliphatic hydroxyl groups excluding tert-OH is 1. The Labute approximate surface area is 103 Å². The summed E-state index contributed by atoms with van der Waals surface area (Å²) < 4.78 is 0. The second kappa shape index (κ2) is 5.78. The maximum absolute atomic E-state index is 11.6.